The molecule has 0 spiro atoms. The number of hydrogen-bond donors (Lipinski definition) is 2. The van der Waals surface area contributed by atoms with Crippen molar-refractivity contribution >= 4 is 65.7 Å². The molecule has 28 heavy (non-hydrogen) atoms. The maximum absolute atomic E-state index is 12.7. The third-order valence-electron chi connectivity index (χ3n) is 3.91. The summed E-state index contributed by atoms with van der Waals surface area (Å²) < 4.78 is 1.86. The zero-order valence-corrected chi connectivity index (χ0v) is 18.9. The Morgan fingerprint density at radius 1 is 1.25 bits per heavy atom. The number of benzene rings is 1. The smallest absolute Gasteiger partial charge is 0.260 e. The fourth-order valence-electron chi connectivity index (χ4n) is 2.61. The molecule has 0 radical (unpaired) electrons. The van der Waals surface area contributed by atoms with Crippen LogP contribution in [0.2, 0.25) is 0 Å². The molecule has 6 nitrogen and oxygen atoms in total. The molecule has 3 aromatic heterocycles. The maximum Gasteiger partial charge on any atom is 0.260 e. The van der Waals surface area contributed by atoms with Crippen molar-refractivity contribution in [2.75, 3.05) is 11.9 Å². The van der Waals surface area contributed by atoms with Crippen molar-refractivity contribution in [2.24, 2.45) is 0 Å². The maximum atomic E-state index is 12.7. The number of aromatic nitrogens is 4. The van der Waals surface area contributed by atoms with Crippen LogP contribution in [-0.2, 0) is 5.75 Å². The number of aromatic amines is 1. The van der Waals surface area contributed by atoms with Crippen LogP contribution in [0.5, 0.6) is 0 Å². The molecule has 10 heteroatoms. The predicted octanol–water partition coefficient (Wildman–Crippen LogP) is 5.38. The number of halogens is 1. The summed E-state index contributed by atoms with van der Waals surface area (Å²) in [5.41, 5.74) is 1.81. The van der Waals surface area contributed by atoms with E-state index in [2.05, 4.69) is 48.3 Å². The normalized spacial score (nSPS) is 11.2. The van der Waals surface area contributed by atoms with Crippen LogP contribution >= 0.6 is 50.4 Å². The largest absolute Gasteiger partial charge is 0.360 e. The number of hydrogen-bond acceptors (Lipinski definition) is 8. The summed E-state index contributed by atoms with van der Waals surface area (Å²) in [6.07, 6.45) is 1.04. The van der Waals surface area contributed by atoms with Crippen molar-refractivity contribution in [1.82, 2.24) is 20.2 Å². The highest BCUT2D eigenvalue weighted by Gasteiger charge is 2.14. The van der Waals surface area contributed by atoms with Gasteiger partial charge in [-0.25, -0.2) is 4.98 Å². The van der Waals surface area contributed by atoms with Crippen LogP contribution in [0, 0.1) is 0 Å². The Morgan fingerprint density at radius 2 is 2.07 bits per heavy atom. The van der Waals surface area contributed by atoms with Crippen LogP contribution in [0.3, 0.4) is 0 Å². The average molecular weight is 494 g/mol. The Bertz CT molecular complexity index is 1150. The summed E-state index contributed by atoms with van der Waals surface area (Å²) in [6, 6.07) is 7.93. The van der Waals surface area contributed by atoms with Crippen molar-refractivity contribution in [3.05, 3.63) is 50.3 Å². The lowest BCUT2D eigenvalue weighted by atomic mass is 10.1. The molecule has 0 bridgehead atoms. The van der Waals surface area contributed by atoms with Crippen LogP contribution in [0.25, 0.3) is 21.3 Å². The lowest BCUT2D eigenvalue weighted by molar-refractivity contribution is 0.950. The van der Waals surface area contributed by atoms with E-state index >= 15 is 0 Å². The highest BCUT2D eigenvalue weighted by Crippen LogP contribution is 2.32. The summed E-state index contributed by atoms with van der Waals surface area (Å²) in [4.78, 5) is 21.0. The van der Waals surface area contributed by atoms with E-state index in [1.54, 1.807) is 0 Å². The highest BCUT2D eigenvalue weighted by molar-refractivity contribution is 9.10. The molecule has 2 N–H and O–H groups in total. The van der Waals surface area contributed by atoms with Crippen molar-refractivity contribution < 1.29 is 0 Å². The topological polar surface area (TPSA) is 83.6 Å². The third-order valence-corrected chi connectivity index (χ3v) is 7.34. The summed E-state index contributed by atoms with van der Waals surface area (Å²) in [6.45, 7) is 2.98. The fourth-order valence-corrected chi connectivity index (χ4v) is 5.48. The van der Waals surface area contributed by atoms with Crippen LogP contribution in [0.15, 0.2) is 43.3 Å². The number of H-pyrrole nitrogens is 1. The van der Waals surface area contributed by atoms with Gasteiger partial charge in [-0.05, 0) is 24.1 Å². The van der Waals surface area contributed by atoms with E-state index in [9.17, 15) is 4.79 Å². The van der Waals surface area contributed by atoms with Crippen LogP contribution in [-0.4, -0.2) is 26.7 Å². The molecule has 144 valence electrons. The summed E-state index contributed by atoms with van der Waals surface area (Å²) in [7, 11) is 0. The average Bonchev–Trinajstić information content (AvgIpc) is 3.32. The summed E-state index contributed by atoms with van der Waals surface area (Å²) in [5.74, 6) is 1.18. The minimum Gasteiger partial charge on any atom is -0.360 e. The second-order valence-corrected chi connectivity index (χ2v) is 9.91. The van der Waals surface area contributed by atoms with Gasteiger partial charge < -0.3 is 10.3 Å². The number of thiophene rings is 1. The first kappa shape index (κ1) is 19.6. The zero-order valence-electron chi connectivity index (χ0n) is 14.9. The van der Waals surface area contributed by atoms with Gasteiger partial charge in [-0.1, -0.05) is 58.1 Å². The first-order valence-corrected chi connectivity index (χ1v) is 12.1. The summed E-state index contributed by atoms with van der Waals surface area (Å²) in [5, 5.41) is 15.0. The molecule has 0 saturated heterocycles. The van der Waals surface area contributed by atoms with Crippen LogP contribution in [0.4, 0.5) is 5.13 Å². The molecule has 0 amide bonds. The van der Waals surface area contributed by atoms with Gasteiger partial charge in [-0.2, -0.15) is 0 Å². The van der Waals surface area contributed by atoms with Gasteiger partial charge in [0.1, 0.15) is 10.7 Å². The van der Waals surface area contributed by atoms with Gasteiger partial charge in [0.15, 0.2) is 4.34 Å². The molecule has 0 aliphatic heterocycles. The minimum absolute atomic E-state index is 0.109. The number of nitrogens with zero attached hydrogens (tertiary/aromatic N) is 3. The fraction of sp³-hybridized carbons (Fsp3) is 0.222. The van der Waals surface area contributed by atoms with E-state index in [0.717, 1.165) is 42.9 Å². The SMILES string of the molecule is CCCNc1nnc(SCc2nc3scc(-c4ccc(Br)cc4)c3c(=O)[nH]2)s1. The van der Waals surface area contributed by atoms with Gasteiger partial charge in [0.05, 0.1) is 11.1 Å². The molecular weight excluding hydrogens is 478 g/mol. The molecule has 0 saturated carbocycles. The Balaban J connectivity index is 1.54. The van der Waals surface area contributed by atoms with E-state index in [0.29, 0.717) is 17.0 Å². The molecule has 0 fully saturated rings. The number of rotatable bonds is 7. The van der Waals surface area contributed by atoms with Crippen molar-refractivity contribution in [3.8, 4) is 11.1 Å². The third kappa shape index (κ3) is 4.29. The molecule has 0 unspecified atom stereocenters. The van der Waals surface area contributed by atoms with E-state index in [1.807, 2.05) is 29.6 Å². The Morgan fingerprint density at radius 3 is 2.86 bits per heavy atom. The molecule has 0 atom stereocenters. The zero-order chi connectivity index (χ0) is 19.5. The summed E-state index contributed by atoms with van der Waals surface area (Å²) >= 11 is 7.96. The first-order chi connectivity index (χ1) is 13.6. The van der Waals surface area contributed by atoms with Crippen molar-refractivity contribution in [3.63, 3.8) is 0 Å². The standard InChI is InChI=1S/C18H16BrN5OS3/c1-2-7-20-17-23-24-18(28-17)27-9-13-21-15(25)14-12(8-26-16(14)22-13)10-3-5-11(19)6-4-10/h3-6,8H,2,7,9H2,1H3,(H,20,23)(H,21,22,25). The Hall–Kier alpha value is -1.75. The quantitative estimate of drug-likeness (QED) is 0.336. The molecule has 3 heterocycles. The lowest BCUT2D eigenvalue weighted by Crippen LogP contribution is -2.10. The minimum atomic E-state index is -0.109. The second kappa shape index (κ2) is 8.73. The van der Waals surface area contributed by atoms with E-state index in [1.165, 1.54) is 34.4 Å². The van der Waals surface area contributed by atoms with Gasteiger partial charge in [0.2, 0.25) is 5.13 Å². The van der Waals surface area contributed by atoms with E-state index in [4.69, 9.17) is 0 Å². The van der Waals surface area contributed by atoms with Gasteiger partial charge in [-0.3, -0.25) is 4.79 Å². The molecule has 4 rings (SSSR count). The number of nitrogens with one attached hydrogen (secondary N) is 2. The second-order valence-electron chi connectivity index (χ2n) is 5.94. The van der Waals surface area contributed by atoms with Gasteiger partial charge >= 0.3 is 0 Å². The predicted molar refractivity (Wildman–Crippen MR) is 122 cm³/mol. The molecule has 4 aromatic rings. The highest BCUT2D eigenvalue weighted by atomic mass is 79.9. The van der Waals surface area contributed by atoms with E-state index in [-0.39, 0.29) is 5.56 Å². The number of thioether (sulfide) groups is 1. The Labute approximate surface area is 182 Å². The molecule has 1 aromatic carbocycles. The van der Waals surface area contributed by atoms with Gasteiger partial charge in [-0.15, -0.1) is 21.5 Å². The van der Waals surface area contributed by atoms with E-state index < -0.39 is 0 Å². The molecule has 0 aliphatic rings. The monoisotopic (exact) mass is 493 g/mol. The molecule has 0 aliphatic carbocycles. The number of anilines is 1. The van der Waals surface area contributed by atoms with Crippen molar-refractivity contribution in [1.29, 1.82) is 0 Å². The lowest BCUT2D eigenvalue weighted by Gasteiger charge is -2.02. The van der Waals surface area contributed by atoms with Crippen molar-refractivity contribution in [2.45, 2.75) is 23.4 Å². The van der Waals surface area contributed by atoms with Crippen LogP contribution < -0.4 is 10.9 Å². The number of fused-ring (bicyclic) bond motifs is 1. The first-order valence-electron chi connectivity index (χ1n) is 8.60. The Kier molecular flexibility index (Phi) is 6.10. The molecular formula is C18H16BrN5OS3. The van der Waals surface area contributed by atoms with Crippen LogP contribution in [0.1, 0.15) is 19.2 Å². The van der Waals surface area contributed by atoms with Gasteiger partial charge in [0, 0.05) is 22.0 Å². The van der Waals surface area contributed by atoms with Gasteiger partial charge in [0.25, 0.3) is 5.56 Å².